The Labute approximate surface area is 45.5 Å². The average Bonchev–Trinajstić information content (AvgIpc) is 0.811. The minimum absolute atomic E-state index is 0. The van der Waals surface area contributed by atoms with Crippen molar-refractivity contribution in [1.29, 1.82) is 0 Å². The first-order chi connectivity index (χ1) is 1.73. The average molecular weight is 151 g/mol. The Bertz CT molecular complexity index is 14.9. The van der Waals surface area contributed by atoms with Gasteiger partial charge < -0.3 is 14.7 Å². The van der Waals surface area contributed by atoms with Gasteiger partial charge in [-0.3, -0.25) is 0 Å². The van der Waals surface area contributed by atoms with Crippen LogP contribution in [0.3, 0.4) is 0 Å². The third-order valence-electron chi connectivity index (χ3n) is 0. The summed E-state index contributed by atoms with van der Waals surface area (Å²) in [5, 5.41) is 0. The van der Waals surface area contributed by atoms with Crippen molar-refractivity contribution in [2.24, 2.45) is 0 Å². The van der Waals surface area contributed by atoms with Crippen LogP contribution in [-0.2, 0) is 0 Å². The van der Waals surface area contributed by atoms with Crippen molar-refractivity contribution in [3.63, 3.8) is 0 Å². The van der Waals surface area contributed by atoms with Gasteiger partial charge in [0.25, 0.3) is 0 Å². The lowest BCUT2D eigenvalue weighted by atomic mass is 15.8. The topological polar surface area (TPSA) is 60.7 Å². The molecule has 0 aromatic heterocycles. The van der Waals surface area contributed by atoms with Gasteiger partial charge in [-0.1, -0.05) is 0 Å². The third kappa shape index (κ3) is 65.7. The minimum Gasteiger partial charge on any atom is -0.328 e. The normalized spacial score (nSPS) is 6.00. The first-order valence-corrected chi connectivity index (χ1v) is 1.80. The summed E-state index contributed by atoms with van der Waals surface area (Å²) in [5.74, 6) is 0. The maximum absolute atomic E-state index is 7.23. The molecule has 0 aromatic carbocycles. The predicted octanol–water partition coefficient (Wildman–Crippen LogP) is -0.581. The SMILES string of the molecule is OP(O)O.P.P.[H+]. The molecular formula is H10O3P3+. The standard InChI is InChI=1S/H3O3P.2H3P/c1-4(2)3;;/h1-3H;2*1H3/p+1. The Hall–Kier alpha value is 1.17. The second-order valence-corrected chi connectivity index (χ2v) is 0.805. The highest BCUT2D eigenvalue weighted by Gasteiger charge is 1.76. The van der Waals surface area contributed by atoms with E-state index >= 15 is 0 Å². The zero-order valence-electron chi connectivity index (χ0n) is 4.20. The molecule has 0 amide bonds. The maximum atomic E-state index is 7.23. The summed E-state index contributed by atoms with van der Waals surface area (Å²) in [7, 11) is -2.62. The van der Waals surface area contributed by atoms with E-state index in [1.54, 1.807) is 0 Å². The van der Waals surface area contributed by atoms with E-state index in [0.717, 1.165) is 0 Å². The molecule has 0 spiro atoms. The van der Waals surface area contributed by atoms with Crippen molar-refractivity contribution < 1.29 is 16.1 Å². The molecule has 0 aliphatic carbocycles. The molecule has 0 rings (SSSR count). The van der Waals surface area contributed by atoms with Crippen LogP contribution in [0.4, 0.5) is 0 Å². The number of hydrogen-bond acceptors (Lipinski definition) is 3. The van der Waals surface area contributed by atoms with E-state index in [2.05, 4.69) is 0 Å². The van der Waals surface area contributed by atoms with Gasteiger partial charge in [-0.2, -0.15) is 19.8 Å². The Morgan fingerprint density at radius 3 is 1.00 bits per heavy atom. The smallest absolute Gasteiger partial charge is 0.328 e. The van der Waals surface area contributed by atoms with Crippen molar-refractivity contribution >= 4 is 28.4 Å². The minimum atomic E-state index is -2.62. The van der Waals surface area contributed by atoms with Crippen LogP contribution in [0.5, 0.6) is 0 Å². The van der Waals surface area contributed by atoms with Crippen LogP contribution < -0.4 is 0 Å². The molecule has 6 heavy (non-hydrogen) atoms. The quantitative estimate of drug-likeness (QED) is 0.406. The zero-order chi connectivity index (χ0) is 3.58. The van der Waals surface area contributed by atoms with E-state index in [4.69, 9.17) is 14.7 Å². The van der Waals surface area contributed by atoms with Crippen molar-refractivity contribution in [1.82, 2.24) is 0 Å². The molecule has 42 valence electrons. The van der Waals surface area contributed by atoms with E-state index in [1.807, 2.05) is 0 Å². The van der Waals surface area contributed by atoms with Crippen molar-refractivity contribution in [3.8, 4) is 0 Å². The molecular weight excluding hydrogens is 141 g/mol. The van der Waals surface area contributed by atoms with Gasteiger partial charge in [0.05, 0.1) is 0 Å². The second kappa shape index (κ2) is 9.48. The largest absolute Gasteiger partial charge is 1.00 e. The third-order valence-corrected chi connectivity index (χ3v) is 0. The molecule has 0 saturated heterocycles. The molecule has 0 fully saturated rings. The van der Waals surface area contributed by atoms with E-state index in [-0.39, 0.29) is 21.2 Å². The van der Waals surface area contributed by atoms with Crippen LogP contribution in [0.15, 0.2) is 0 Å². The van der Waals surface area contributed by atoms with Gasteiger partial charge in [-0.25, -0.2) is 0 Å². The van der Waals surface area contributed by atoms with Crippen LogP contribution in [0.1, 0.15) is 1.43 Å². The van der Waals surface area contributed by atoms with E-state index < -0.39 is 8.60 Å². The molecule has 0 aliphatic rings. The Morgan fingerprint density at radius 1 is 1.00 bits per heavy atom. The molecule has 6 heteroatoms. The van der Waals surface area contributed by atoms with Gasteiger partial charge in [-0.15, -0.1) is 0 Å². The first kappa shape index (κ1) is 15.7. The highest BCUT2D eigenvalue weighted by Crippen LogP contribution is 2.11. The fraction of sp³-hybridized carbons (Fsp3) is 0. The van der Waals surface area contributed by atoms with E-state index in [9.17, 15) is 0 Å². The fourth-order valence-corrected chi connectivity index (χ4v) is 0. The first-order valence-electron chi connectivity index (χ1n) is 0.600. The van der Waals surface area contributed by atoms with Crippen molar-refractivity contribution in [2.45, 2.75) is 0 Å². The summed E-state index contributed by atoms with van der Waals surface area (Å²) < 4.78 is 0. The van der Waals surface area contributed by atoms with E-state index in [0.29, 0.717) is 0 Å². The Balaban J connectivity index is -0.0000000150. The van der Waals surface area contributed by atoms with Gasteiger partial charge in [0.2, 0.25) is 0 Å². The monoisotopic (exact) mass is 151 g/mol. The lowest BCUT2D eigenvalue weighted by Crippen LogP contribution is -1.54. The van der Waals surface area contributed by atoms with Gasteiger partial charge >= 0.3 is 10.0 Å². The lowest BCUT2D eigenvalue weighted by molar-refractivity contribution is 0.368. The summed E-state index contributed by atoms with van der Waals surface area (Å²) in [6.07, 6.45) is 0. The van der Waals surface area contributed by atoms with Crippen molar-refractivity contribution in [3.05, 3.63) is 0 Å². The molecule has 0 aliphatic heterocycles. The molecule has 0 aromatic rings. The summed E-state index contributed by atoms with van der Waals surface area (Å²) in [6, 6.07) is 0. The van der Waals surface area contributed by atoms with Crippen LogP contribution >= 0.6 is 28.4 Å². The van der Waals surface area contributed by atoms with Gasteiger partial charge in [0.15, 0.2) is 0 Å². The molecule has 0 radical (unpaired) electrons. The molecule has 3 nitrogen and oxygen atoms in total. The molecule has 2 unspecified atom stereocenters. The molecule has 0 bridgehead atoms. The number of hydrogen-bond donors (Lipinski definition) is 3. The second-order valence-electron chi connectivity index (χ2n) is 0.268. The summed E-state index contributed by atoms with van der Waals surface area (Å²) in [4.78, 5) is 21.7. The van der Waals surface area contributed by atoms with Crippen LogP contribution in [-0.4, -0.2) is 14.7 Å². The van der Waals surface area contributed by atoms with Crippen LogP contribution in [0.2, 0.25) is 0 Å². The maximum Gasteiger partial charge on any atom is 1.00 e. The molecule has 0 heterocycles. The summed E-state index contributed by atoms with van der Waals surface area (Å²) in [6.45, 7) is 0. The van der Waals surface area contributed by atoms with Crippen LogP contribution in [0, 0.1) is 0 Å². The Morgan fingerprint density at radius 2 is 1.00 bits per heavy atom. The summed E-state index contributed by atoms with van der Waals surface area (Å²) in [5.41, 5.74) is 0. The number of rotatable bonds is 0. The fourth-order valence-electron chi connectivity index (χ4n) is 0. The van der Waals surface area contributed by atoms with Gasteiger partial charge in [0, 0.05) is 0 Å². The molecule has 0 saturated carbocycles. The van der Waals surface area contributed by atoms with Gasteiger partial charge in [-0.05, 0) is 0 Å². The molecule has 2 atom stereocenters. The van der Waals surface area contributed by atoms with Crippen molar-refractivity contribution in [2.75, 3.05) is 0 Å². The Kier molecular flexibility index (Phi) is 24.8. The predicted molar refractivity (Wildman–Crippen MR) is 36.9 cm³/mol. The summed E-state index contributed by atoms with van der Waals surface area (Å²) >= 11 is 0. The highest BCUT2D eigenvalue weighted by atomic mass is 31.2. The highest BCUT2D eigenvalue weighted by molar-refractivity contribution is 7.38. The van der Waals surface area contributed by atoms with Crippen LogP contribution in [0.25, 0.3) is 0 Å². The lowest BCUT2D eigenvalue weighted by Gasteiger charge is -1.76. The van der Waals surface area contributed by atoms with Gasteiger partial charge in [0.1, 0.15) is 0 Å². The zero-order valence-corrected chi connectivity index (χ0v) is 6.93. The van der Waals surface area contributed by atoms with E-state index in [1.165, 1.54) is 0 Å². The molecule has 3 N–H and O–H groups in total.